The van der Waals surface area contributed by atoms with Crippen molar-refractivity contribution in [1.29, 1.82) is 0 Å². The van der Waals surface area contributed by atoms with Crippen LogP contribution in [0.3, 0.4) is 0 Å². The molecule has 0 radical (unpaired) electrons. The van der Waals surface area contributed by atoms with Crippen LogP contribution in [0.5, 0.6) is 0 Å². The molecule has 2 aliphatic rings. The quantitative estimate of drug-likeness (QED) is 0.585. The molecule has 3 unspecified atom stereocenters. The minimum absolute atomic E-state index is 0.0220. The van der Waals surface area contributed by atoms with Crippen LogP contribution in [0.1, 0.15) is 18.9 Å². The van der Waals surface area contributed by atoms with Gasteiger partial charge in [-0.2, -0.15) is 0 Å². The molecule has 0 aromatic heterocycles. The SMILES string of the molecule is COCC(=O)NC1CCN(c2ccc(C(C)(C(N)=O)C3CNC(=O)O3)cc2F)C1. The number of halogens is 1. The summed E-state index contributed by atoms with van der Waals surface area (Å²) in [5, 5.41) is 5.33. The lowest BCUT2D eigenvalue weighted by molar-refractivity contribution is -0.126. The molecule has 2 heterocycles. The molecule has 0 spiro atoms. The maximum absolute atomic E-state index is 14.9. The predicted octanol–water partition coefficient (Wildman–Crippen LogP) is 0.0184. The highest BCUT2D eigenvalue weighted by Gasteiger charge is 2.47. The van der Waals surface area contributed by atoms with E-state index in [-0.39, 0.29) is 25.1 Å². The van der Waals surface area contributed by atoms with E-state index in [0.29, 0.717) is 30.8 Å². The second-order valence-corrected chi connectivity index (χ2v) is 7.44. The molecule has 9 nitrogen and oxygen atoms in total. The highest BCUT2D eigenvalue weighted by molar-refractivity contribution is 5.88. The van der Waals surface area contributed by atoms with Crippen LogP contribution >= 0.6 is 0 Å². The van der Waals surface area contributed by atoms with E-state index in [4.69, 9.17) is 15.2 Å². The summed E-state index contributed by atoms with van der Waals surface area (Å²) in [6.07, 6.45) is -0.789. The average Bonchev–Trinajstić information content (AvgIpc) is 3.30. The largest absolute Gasteiger partial charge is 0.443 e. The molecule has 2 saturated heterocycles. The molecule has 3 amide bonds. The first-order chi connectivity index (χ1) is 13.8. The van der Waals surface area contributed by atoms with E-state index in [9.17, 15) is 18.8 Å². The third-order valence-corrected chi connectivity index (χ3v) is 5.55. The molecular formula is C19H25FN4O5. The lowest BCUT2D eigenvalue weighted by atomic mass is 9.76. The van der Waals surface area contributed by atoms with Gasteiger partial charge < -0.3 is 30.7 Å². The Kier molecular flexibility index (Phi) is 5.92. The van der Waals surface area contributed by atoms with E-state index in [1.165, 1.54) is 20.1 Å². The molecule has 1 aromatic rings. The molecule has 4 N–H and O–H groups in total. The molecule has 3 atom stereocenters. The zero-order valence-corrected chi connectivity index (χ0v) is 16.4. The van der Waals surface area contributed by atoms with Crippen molar-refractivity contribution in [3.05, 3.63) is 29.6 Å². The number of hydrogen-bond acceptors (Lipinski definition) is 6. The van der Waals surface area contributed by atoms with Gasteiger partial charge in [0.15, 0.2) is 0 Å². The first-order valence-electron chi connectivity index (χ1n) is 9.33. The number of carbonyl (C=O) groups excluding carboxylic acids is 3. The van der Waals surface area contributed by atoms with Crippen molar-refractivity contribution in [3.8, 4) is 0 Å². The van der Waals surface area contributed by atoms with Gasteiger partial charge in [-0.25, -0.2) is 9.18 Å². The van der Waals surface area contributed by atoms with Gasteiger partial charge in [0.2, 0.25) is 11.8 Å². The molecule has 158 valence electrons. The maximum atomic E-state index is 14.9. The summed E-state index contributed by atoms with van der Waals surface area (Å²) < 4.78 is 24.9. The molecular weight excluding hydrogens is 383 g/mol. The number of ether oxygens (including phenoxy) is 2. The zero-order valence-electron chi connectivity index (χ0n) is 16.4. The van der Waals surface area contributed by atoms with Crippen LogP contribution in [0.25, 0.3) is 0 Å². The second kappa shape index (κ2) is 8.24. The lowest BCUT2D eigenvalue weighted by Crippen LogP contribution is -2.49. The van der Waals surface area contributed by atoms with Crippen LogP contribution in [0.2, 0.25) is 0 Å². The summed E-state index contributed by atoms with van der Waals surface area (Å²) in [6, 6.07) is 4.35. The van der Waals surface area contributed by atoms with E-state index in [2.05, 4.69) is 10.6 Å². The first kappa shape index (κ1) is 20.8. The molecule has 0 saturated carbocycles. The number of nitrogens with zero attached hydrogens (tertiary/aromatic N) is 1. The van der Waals surface area contributed by atoms with Crippen LogP contribution in [-0.2, 0) is 24.5 Å². The van der Waals surface area contributed by atoms with Crippen LogP contribution in [0.4, 0.5) is 14.9 Å². The van der Waals surface area contributed by atoms with Gasteiger partial charge in [-0.05, 0) is 31.0 Å². The molecule has 29 heavy (non-hydrogen) atoms. The van der Waals surface area contributed by atoms with Crippen LogP contribution in [-0.4, -0.2) is 63.4 Å². The molecule has 2 fully saturated rings. The summed E-state index contributed by atoms with van der Waals surface area (Å²) in [7, 11) is 1.44. The van der Waals surface area contributed by atoms with Crippen molar-refractivity contribution in [2.75, 3.05) is 38.3 Å². The number of methoxy groups -OCH3 is 1. The predicted molar refractivity (Wildman–Crippen MR) is 102 cm³/mol. The van der Waals surface area contributed by atoms with E-state index >= 15 is 0 Å². The molecule has 10 heteroatoms. The summed E-state index contributed by atoms with van der Waals surface area (Å²) in [6.45, 7) is 2.66. The van der Waals surface area contributed by atoms with Crippen molar-refractivity contribution in [2.24, 2.45) is 5.73 Å². The number of carbonyl (C=O) groups is 3. The number of benzene rings is 1. The molecule has 0 bridgehead atoms. The molecule has 3 rings (SSSR count). The van der Waals surface area contributed by atoms with Crippen LogP contribution in [0, 0.1) is 5.82 Å². The Labute approximate surface area is 167 Å². The first-order valence-corrected chi connectivity index (χ1v) is 9.33. The van der Waals surface area contributed by atoms with Gasteiger partial charge in [-0.1, -0.05) is 6.07 Å². The Morgan fingerprint density at radius 2 is 2.24 bits per heavy atom. The minimum Gasteiger partial charge on any atom is -0.443 e. The van der Waals surface area contributed by atoms with Gasteiger partial charge in [0, 0.05) is 26.2 Å². The summed E-state index contributed by atoms with van der Waals surface area (Å²) in [5.41, 5.74) is 4.91. The number of primary amides is 1. The molecule has 0 aliphatic carbocycles. The highest BCUT2D eigenvalue weighted by Crippen LogP contribution is 2.34. The van der Waals surface area contributed by atoms with Crippen molar-refractivity contribution < 1.29 is 28.2 Å². The van der Waals surface area contributed by atoms with Crippen molar-refractivity contribution in [3.63, 3.8) is 0 Å². The fourth-order valence-electron chi connectivity index (χ4n) is 3.78. The third kappa shape index (κ3) is 4.12. The number of hydrogen-bond donors (Lipinski definition) is 3. The third-order valence-electron chi connectivity index (χ3n) is 5.55. The van der Waals surface area contributed by atoms with Gasteiger partial charge >= 0.3 is 6.09 Å². The smallest absolute Gasteiger partial charge is 0.407 e. The van der Waals surface area contributed by atoms with Crippen molar-refractivity contribution >= 4 is 23.6 Å². The summed E-state index contributed by atoms with van der Waals surface area (Å²) in [5.74, 6) is -1.45. The molecule has 1 aromatic carbocycles. The number of amides is 3. The normalized spacial score (nSPS) is 23.3. The van der Waals surface area contributed by atoms with Gasteiger partial charge in [0.05, 0.1) is 12.2 Å². The number of nitrogens with one attached hydrogen (secondary N) is 2. The lowest BCUT2D eigenvalue weighted by Gasteiger charge is -2.31. The Morgan fingerprint density at radius 3 is 2.83 bits per heavy atom. The van der Waals surface area contributed by atoms with Gasteiger partial charge in [-0.3, -0.25) is 9.59 Å². The topological polar surface area (TPSA) is 123 Å². The van der Waals surface area contributed by atoms with Crippen molar-refractivity contribution in [2.45, 2.75) is 30.9 Å². The Morgan fingerprint density at radius 1 is 1.48 bits per heavy atom. The van der Waals surface area contributed by atoms with Crippen LogP contribution < -0.4 is 21.3 Å². The van der Waals surface area contributed by atoms with E-state index in [1.54, 1.807) is 12.1 Å². The van der Waals surface area contributed by atoms with E-state index < -0.39 is 29.3 Å². The number of rotatable bonds is 7. The minimum atomic E-state index is -1.37. The Hall–Kier alpha value is -2.88. The monoisotopic (exact) mass is 408 g/mol. The maximum Gasteiger partial charge on any atom is 0.407 e. The number of anilines is 1. The highest BCUT2D eigenvalue weighted by atomic mass is 19.1. The Bertz CT molecular complexity index is 820. The van der Waals surface area contributed by atoms with Crippen molar-refractivity contribution in [1.82, 2.24) is 10.6 Å². The number of alkyl carbamates (subject to hydrolysis) is 1. The molecule has 2 aliphatic heterocycles. The van der Waals surface area contributed by atoms with Gasteiger partial charge in [-0.15, -0.1) is 0 Å². The fraction of sp³-hybridized carbons (Fsp3) is 0.526. The van der Waals surface area contributed by atoms with Gasteiger partial charge in [0.25, 0.3) is 0 Å². The summed E-state index contributed by atoms with van der Waals surface area (Å²) >= 11 is 0. The Balaban J connectivity index is 1.77. The zero-order chi connectivity index (χ0) is 21.2. The van der Waals surface area contributed by atoms with E-state index in [0.717, 1.165) is 0 Å². The standard InChI is InChI=1S/C19H25FN4O5/c1-19(17(21)26,15-8-22-18(27)29-15)11-3-4-14(13(20)7-11)24-6-5-12(9-24)23-16(25)10-28-2/h3-4,7,12,15H,5-6,8-10H2,1-2H3,(H2,21,26)(H,22,27)(H,23,25). The van der Waals surface area contributed by atoms with E-state index in [1.807, 2.05) is 4.90 Å². The fourth-order valence-corrected chi connectivity index (χ4v) is 3.78. The summed E-state index contributed by atoms with van der Waals surface area (Å²) in [4.78, 5) is 37.1. The van der Waals surface area contributed by atoms with Gasteiger partial charge in [0.1, 0.15) is 23.9 Å². The number of cyclic esters (lactones) is 1. The second-order valence-electron chi connectivity index (χ2n) is 7.44. The van der Waals surface area contributed by atoms with Crippen LogP contribution in [0.15, 0.2) is 18.2 Å². The number of nitrogens with two attached hydrogens (primary N) is 1. The average molecular weight is 408 g/mol.